The number of nitro groups is 1. The summed E-state index contributed by atoms with van der Waals surface area (Å²) in [7, 11) is -9.75. The summed E-state index contributed by atoms with van der Waals surface area (Å²) in [6, 6.07) is 3.96. The molecule has 0 radical (unpaired) electrons. The van der Waals surface area contributed by atoms with E-state index >= 15 is 0 Å². The van der Waals surface area contributed by atoms with Crippen molar-refractivity contribution in [2.24, 2.45) is 0 Å². The number of carbonyl (C=O) groups is 2. The van der Waals surface area contributed by atoms with Gasteiger partial charge in [0.25, 0.3) is 31.8 Å². The van der Waals surface area contributed by atoms with E-state index in [1.54, 1.807) is 0 Å². The summed E-state index contributed by atoms with van der Waals surface area (Å²) in [5.41, 5.74) is -2.50. The first-order chi connectivity index (χ1) is 13.2. The molecule has 154 valence electrons. The van der Waals surface area contributed by atoms with Crippen LogP contribution in [0.2, 0.25) is 0 Å². The smallest absolute Gasteiger partial charge is 0.335 e. The number of rotatable bonds is 6. The molecule has 0 spiro atoms. The van der Waals surface area contributed by atoms with Crippen LogP contribution in [0.1, 0.15) is 20.7 Å². The SMILES string of the molecule is O=C(O)c1cc(NC(=O)c2cc([N+](=O)[O-])cc(S(=O)(=O)O)c2)cc(S(=O)(=O)O)c1. The maximum absolute atomic E-state index is 12.3. The number of non-ortho nitro benzene ring substituents is 1. The zero-order valence-corrected chi connectivity index (χ0v) is 15.5. The molecule has 0 heterocycles. The van der Waals surface area contributed by atoms with Gasteiger partial charge in [0, 0.05) is 23.4 Å². The highest BCUT2D eigenvalue weighted by atomic mass is 32.2. The standard InChI is InChI=1S/C14H10N2O11S2/c17-13(7-2-10(16(20)21)6-12(3-7)29(25,26)27)15-9-1-8(14(18)19)4-11(5-9)28(22,23)24/h1-6H,(H,15,17)(H,18,19)(H,22,23,24)(H,25,26,27). The van der Waals surface area contributed by atoms with Crippen LogP contribution in [0.3, 0.4) is 0 Å². The molecule has 15 heteroatoms. The van der Waals surface area contributed by atoms with Gasteiger partial charge in [0.15, 0.2) is 0 Å². The second kappa shape index (κ2) is 7.55. The molecule has 0 aliphatic heterocycles. The Labute approximate surface area is 162 Å². The van der Waals surface area contributed by atoms with Crippen LogP contribution in [0, 0.1) is 10.1 Å². The topological polar surface area (TPSA) is 218 Å². The van der Waals surface area contributed by atoms with Gasteiger partial charge < -0.3 is 10.4 Å². The van der Waals surface area contributed by atoms with Gasteiger partial charge in [-0.25, -0.2) is 4.79 Å². The van der Waals surface area contributed by atoms with Crippen LogP contribution in [0.25, 0.3) is 0 Å². The normalized spacial score (nSPS) is 11.7. The highest BCUT2D eigenvalue weighted by Gasteiger charge is 2.21. The van der Waals surface area contributed by atoms with Gasteiger partial charge in [0.1, 0.15) is 4.90 Å². The molecule has 0 saturated carbocycles. The first-order valence-corrected chi connectivity index (χ1v) is 10.0. The number of benzene rings is 2. The number of carboxylic acid groups (broad SMARTS) is 1. The molecule has 4 N–H and O–H groups in total. The minimum absolute atomic E-state index is 0.428. The van der Waals surface area contributed by atoms with Crippen molar-refractivity contribution in [1.29, 1.82) is 0 Å². The molecule has 0 saturated heterocycles. The number of anilines is 1. The second-order valence-corrected chi connectivity index (χ2v) is 8.27. The van der Waals surface area contributed by atoms with Crippen molar-refractivity contribution in [3.63, 3.8) is 0 Å². The number of aromatic carboxylic acids is 1. The Morgan fingerprint density at radius 1 is 0.862 bits per heavy atom. The lowest BCUT2D eigenvalue weighted by Gasteiger charge is -2.09. The monoisotopic (exact) mass is 446 g/mol. The molecule has 0 bridgehead atoms. The number of hydrogen-bond donors (Lipinski definition) is 4. The maximum Gasteiger partial charge on any atom is 0.335 e. The first-order valence-electron chi connectivity index (χ1n) is 7.12. The van der Waals surface area contributed by atoms with Crippen LogP contribution in [0.4, 0.5) is 11.4 Å². The number of carbonyl (C=O) groups excluding carboxylic acids is 1. The molecule has 13 nitrogen and oxygen atoms in total. The number of nitrogens with zero attached hydrogens (tertiary/aromatic N) is 1. The number of nitro benzene ring substituents is 1. The minimum atomic E-state index is -4.91. The van der Waals surface area contributed by atoms with Crippen LogP contribution in [-0.4, -0.2) is 47.8 Å². The Hall–Kier alpha value is -3.40. The molecule has 0 aliphatic carbocycles. The van der Waals surface area contributed by atoms with Crippen molar-refractivity contribution >= 4 is 43.5 Å². The first kappa shape index (κ1) is 21.9. The van der Waals surface area contributed by atoms with E-state index in [1.807, 2.05) is 5.32 Å². The van der Waals surface area contributed by atoms with E-state index in [-0.39, 0.29) is 0 Å². The third-order valence-corrected chi connectivity index (χ3v) is 5.03. The van der Waals surface area contributed by atoms with Gasteiger partial charge in [0.05, 0.1) is 15.4 Å². The molecular weight excluding hydrogens is 436 g/mol. The molecule has 0 atom stereocenters. The fourth-order valence-electron chi connectivity index (χ4n) is 2.12. The Morgan fingerprint density at radius 2 is 1.38 bits per heavy atom. The van der Waals surface area contributed by atoms with E-state index in [4.69, 9.17) is 14.2 Å². The summed E-state index contributed by atoms with van der Waals surface area (Å²) in [5, 5.41) is 22.0. The number of amides is 1. The fourth-order valence-corrected chi connectivity index (χ4v) is 3.21. The zero-order chi connectivity index (χ0) is 22.1. The van der Waals surface area contributed by atoms with Gasteiger partial charge in [-0.2, -0.15) is 16.8 Å². The van der Waals surface area contributed by atoms with Crippen molar-refractivity contribution in [3.8, 4) is 0 Å². The summed E-state index contributed by atoms with van der Waals surface area (Å²) in [6.07, 6.45) is 0. The molecule has 1 amide bonds. The molecule has 2 rings (SSSR count). The highest BCUT2D eigenvalue weighted by molar-refractivity contribution is 7.86. The van der Waals surface area contributed by atoms with Gasteiger partial charge in [-0.3, -0.25) is 24.0 Å². The average molecular weight is 446 g/mol. The van der Waals surface area contributed by atoms with Gasteiger partial charge in [-0.15, -0.1) is 0 Å². The van der Waals surface area contributed by atoms with Crippen LogP contribution in [0.15, 0.2) is 46.2 Å². The van der Waals surface area contributed by atoms with Gasteiger partial charge in [-0.1, -0.05) is 0 Å². The minimum Gasteiger partial charge on any atom is -0.478 e. The van der Waals surface area contributed by atoms with E-state index in [0.29, 0.717) is 30.3 Å². The average Bonchev–Trinajstić information content (AvgIpc) is 2.59. The molecule has 0 aromatic heterocycles. The molecule has 0 fully saturated rings. The highest BCUT2D eigenvalue weighted by Crippen LogP contribution is 2.23. The lowest BCUT2D eigenvalue weighted by atomic mass is 10.1. The van der Waals surface area contributed by atoms with Crippen molar-refractivity contribution in [1.82, 2.24) is 0 Å². The number of nitrogens with one attached hydrogen (secondary N) is 1. The van der Waals surface area contributed by atoms with Gasteiger partial charge >= 0.3 is 5.97 Å². The van der Waals surface area contributed by atoms with E-state index in [0.717, 1.165) is 6.07 Å². The van der Waals surface area contributed by atoms with E-state index in [1.165, 1.54) is 0 Å². The number of hydrogen-bond acceptors (Lipinski definition) is 8. The quantitative estimate of drug-likeness (QED) is 0.279. The van der Waals surface area contributed by atoms with E-state index in [9.17, 15) is 36.5 Å². The Kier molecular flexibility index (Phi) is 5.70. The lowest BCUT2D eigenvalue weighted by Crippen LogP contribution is -2.15. The van der Waals surface area contributed by atoms with Gasteiger partial charge in [-0.05, 0) is 24.3 Å². The van der Waals surface area contributed by atoms with E-state index in [2.05, 4.69) is 0 Å². The predicted octanol–water partition coefficient (Wildman–Crippen LogP) is 1.04. The predicted molar refractivity (Wildman–Crippen MR) is 94.1 cm³/mol. The summed E-state index contributed by atoms with van der Waals surface area (Å²) in [6.45, 7) is 0. The molecule has 2 aromatic carbocycles. The third kappa shape index (κ3) is 5.32. The van der Waals surface area contributed by atoms with Crippen LogP contribution in [0.5, 0.6) is 0 Å². The molecule has 0 unspecified atom stereocenters. The maximum atomic E-state index is 12.3. The molecular formula is C14H10N2O11S2. The van der Waals surface area contributed by atoms with Gasteiger partial charge in [0.2, 0.25) is 0 Å². The van der Waals surface area contributed by atoms with Crippen molar-refractivity contribution in [2.75, 3.05) is 5.32 Å². The second-order valence-electron chi connectivity index (χ2n) is 5.43. The summed E-state index contributed by atoms with van der Waals surface area (Å²) in [4.78, 5) is 31.5. The Morgan fingerprint density at radius 3 is 1.86 bits per heavy atom. The molecule has 29 heavy (non-hydrogen) atoms. The fraction of sp³-hybridized carbons (Fsp3) is 0. The largest absolute Gasteiger partial charge is 0.478 e. The Bertz CT molecular complexity index is 1250. The van der Waals surface area contributed by atoms with Crippen LogP contribution in [-0.2, 0) is 20.2 Å². The molecule has 2 aromatic rings. The summed E-state index contributed by atoms with van der Waals surface area (Å²) >= 11 is 0. The van der Waals surface area contributed by atoms with E-state index < -0.39 is 69.3 Å². The summed E-state index contributed by atoms with van der Waals surface area (Å²) < 4.78 is 63.2. The van der Waals surface area contributed by atoms with Crippen LogP contribution >= 0.6 is 0 Å². The van der Waals surface area contributed by atoms with Crippen molar-refractivity contribution < 1.29 is 45.6 Å². The number of carboxylic acids is 1. The summed E-state index contributed by atoms with van der Waals surface area (Å²) in [5.74, 6) is -2.78. The van der Waals surface area contributed by atoms with Crippen molar-refractivity contribution in [2.45, 2.75) is 9.79 Å². The zero-order valence-electron chi connectivity index (χ0n) is 13.8. The van der Waals surface area contributed by atoms with Crippen LogP contribution < -0.4 is 5.32 Å². The Balaban J connectivity index is 2.55. The lowest BCUT2D eigenvalue weighted by molar-refractivity contribution is -0.385. The van der Waals surface area contributed by atoms with Crippen molar-refractivity contribution in [3.05, 3.63) is 57.6 Å². The third-order valence-electron chi connectivity index (χ3n) is 3.37. The molecule has 0 aliphatic rings.